The van der Waals surface area contributed by atoms with Gasteiger partial charge in [0.1, 0.15) is 12.6 Å². The molecular formula is C18H18INO4. The van der Waals surface area contributed by atoms with Gasteiger partial charge >= 0.3 is 5.97 Å². The highest BCUT2D eigenvalue weighted by Crippen LogP contribution is 2.09. The Kier molecular flexibility index (Phi) is 7.20. The van der Waals surface area contributed by atoms with E-state index in [0.717, 1.165) is 14.7 Å². The number of carboxylic acid groups (broad SMARTS) is 1. The lowest BCUT2D eigenvalue weighted by Gasteiger charge is -2.15. The standard InChI is InChI=1S/C18H18INO4/c19-15-8-6-13(7-9-15)10-16(18(22)23)20-17(21)12-24-11-14-4-2-1-3-5-14/h1-9,16H,10-12H2,(H,20,21)(H,22,23)/t16-/m1/s1. The van der Waals surface area contributed by atoms with Gasteiger partial charge in [-0.25, -0.2) is 4.79 Å². The van der Waals surface area contributed by atoms with Gasteiger partial charge in [0, 0.05) is 9.99 Å². The van der Waals surface area contributed by atoms with Gasteiger partial charge in [-0.3, -0.25) is 4.79 Å². The topological polar surface area (TPSA) is 75.6 Å². The first-order valence-corrected chi connectivity index (χ1v) is 8.51. The molecule has 0 fully saturated rings. The maximum absolute atomic E-state index is 11.9. The van der Waals surface area contributed by atoms with Crippen LogP contribution in [0.1, 0.15) is 11.1 Å². The Hall–Kier alpha value is -1.93. The number of hydrogen-bond acceptors (Lipinski definition) is 3. The van der Waals surface area contributed by atoms with Crippen LogP contribution < -0.4 is 5.32 Å². The fourth-order valence-corrected chi connectivity index (χ4v) is 2.49. The van der Waals surface area contributed by atoms with Crippen LogP contribution in [-0.4, -0.2) is 29.6 Å². The molecule has 0 saturated carbocycles. The molecule has 0 unspecified atom stereocenters. The van der Waals surface area contributed by atoms with Gasteiger partial charge in [0.15, 0.2) is 0 Å². The lowest BCUT2D eigenvalue weighted by atomic mass is 10.1. The van der Waals surface area contributed by atoms with Crippen molar-refractivity contribution in [3.63, 3.8) is 0 Å². The van der Waals surface area contributed by atoms with Crippen molar-refractivity contribution in [3.05, 3.63) is 69.3 Å². The molecule has 2 aromatic carbocycles. The fourth-order valence-electron chi connectivity index (χ4n) is 2.13. The molecule has 0 saturated heterocycles. The molecule has 0 spiro atoms. The molecule has 24 heavy (non-hydrogen) atoms. The fraction of sp³-hybridized carbons (Fsp3) is 0.222. The number of hydrogen-bond donors (Lipinski definition) is 2. The molecule has 0 aromatic heterocycles. The van der Waals surface area contributed by atoms with Crippen molar-refractivity contribution in [2.45, 2.75) is 19.1 Å². The third-order valence-electron chi connectivity index (χ3n) is 3.33. The van der Waals surface area contributed by atoms with Gasteiger partial charge in [-0.15, -0.1) is 0 Å². The number of carbonyl (C=O) groups is 2. The summed E-state index contributed by atoms with van der Waals surface area (Å²) in [5.74, 6) is -1.51. The molecule has 1 amide bonds. The minimum atomic E-state index is -1.06. The highest BCUT2D eigenvalue weighted by molar-refractivity contribution is 14.1. The summed E-state index contributed by atoms with van der Waals surface area (Å²) < 4.78 is 6.39. The molecule has 2 rings (SSSR count). The molecule has 0 radical (unpaired) electrons. The number of ether oxygens (including phenoxy) is 1. The Bertz CT molecular complexity index is 673. The Morgan fingerprint density at radius 1 is 1.04 bits per heavy atom. The summed E-state index contributed by atoms with van der Waals surface area (Å²) in [6.45, 7) is 0.133. The summed E-state index contributed by atoms with van der Waals surface area (Å²) in [5, 5.41) is 11.8. The minimum Gasteiger partial charge on any atom is -0.480 e. The van der Waals surface area contributed by atoms with Crippen molar-refractivity contribution < 1.29 is 19.4 Å². The number of carboxylic acids is 1. The quantitative estimate of drug-likeness (QED) is 0.621. The monoisotopic (exact) mass is 439 g/mol. The summed E-state index contributed by atoms with van der Waals surface area (Å²) in [7, 11) is 0. The molecule has 5 nitrogen and oxygen atoms in total. The zero-order valence-electron chi connectivity index (χ0n) is 12.9. The predicted molar refractivity (Wildman–Crippen MR) is 98.5 cm³/mol. The number of carbonyl (C=O) groups excluding carboxylic acids is 1. The highest BCUT2D eigenvalue weighted by Gasteiger charge is 2.20. The van der Waals surface area contributed by atoms with Gasteiger partial charge in [-0.2, -0.15) is 0 Å². The summed E-state index contributed by atoms with van der Waals surface area (Å²) >= 11 is 2.18. The van der Waals surface area contributed by atoms with Gasteiger partial charge in [0.25, 0.3) is 0 Å². The molecule has 0 aliphatic heterocycles. The van der Waals surface area contributed by atoms with Crippen molar-refractivity contribution in [1.29, 1.82) is 0 Å². The van der Waals surface area contributed by atoms with Crippen molar-refractivity contribution in [3.8, 4) is 0 Å². The molecular weight excluding hydrogens is 421 g/mol. The van der Waals surface area contributed by atoms with Crippen LogP contribution >= 0.6 is 22.6 Å². The van der Waals surface area contributed by atoms with E-state index < -0.39 is 17.9 Å². The molecule has 1 atom stereocenters. The first-order chi connectivity index (χ1) is 11.5. The van der Waals surface area contributed by atoms with Crippen LogP contribution in [0, 0.1) is 3.57 Å². The average molecular weight is 439 g/mol. The number of amides is 1. The summed E-state index contributed by atoms with van der Waals surface area (Å²) in [5.41, 5.74) is 1.81. The zero-order valence-corrected chi connectivity index (χ0v) is 15.1. The summed E-state index contributed by atoms with van der Waals surface area (Å²) in [4.78, 5) is 23.2. The van der Waals surface area contributed by atoms with E-state index in [1.54, 1.807) is 0 Å². The molecule has 2 N–H and O–H groups in total. The maximum atomic E-state index is 11.9. The molecule has 0 bridgehead atoms. The maximum Gasteiger partial charge on any atom is 0.326 e. The van der Waals surface area contributed by atoms with Gasteiger partial charge < -0.3 is 15.2 Å². The summed E-state index contributed by atoms with van der Waals surface area (Å²) in [6.07, 6.45) is 0.233. The Labute approximate surface area is 154 Å². The number of aliphatic carboxylic acids is 1. The second-order valence-electron chi connectivity index (χ2n) is 5.27. The zero-order chi connectivity index (χ0) is 17.4. The highest BCUT2D eigenvalue weighted by atomic mass is 127. The Balaban J connectivity index is 1.82. The van der Waals surface area contributed by atoms with Crippen molar-refractivity contribution >= 4 is 34.5 Å². The molecule has 6 heteroatoms. The van der Waals surface area contributed by atoms with Crippen molar-refractivity contribution in [1.82, 2.24) is 5.32 Å². The number of nitrogens with one attached hydrogen (secondary N) is 1. The minimum absolute atomic E-state index is 0.175. The predicted octanol–water partition coefficient (Wildman–Crippen LogP) is 2.62. The van der Waals surface area contributed by atoms with E-state index in [1.165, 1.54) is 0 Å². The van der Waals surface area contributed by atoms with Crippen LogP contribution in [0.3, 0.4) is 0 Å². The van der Waals surface area contributed by atoms with Gasteiger partial charge in [0.05, 0.1) is 6.61 Å². The van der Waals surface area contributed by atoms with E-state index >= 15 is 0 Å². The molecule has 2 aromatic rings. The van der Waals surface area contributed by atoms with Crippen LogP contribution in [0.25, 0.3) is 0 Å². The average Bonchev–Trinajstić information content (AvgIpc) is 2.57. The van der Waals surface area contributed by atoms with Crippen LogP contribution in [0.5, 0.6) is 0 Å². The van der Waals surface area contributed by atoms with Crippen LogP contribution in [0.15, 0.2) is 54.6 Å². The first-order valence-electron chi connectivity index (χ1n) is 7.43. The van der Waals surface area contributed by atoms with Crippen LogP contribution in [-0.2, 0) is 27.4 Å². The number of rotatable bonds is 8. The van der Waals surface area contributed by atoms with Crippen molar-refractivity contribution in [2.24, 2.45) is 0 Å². The molecule has 0 heterocycles. The van der Waals surface area contributed by atoms with E-state index in [0.29, 0.717) is 6.61 Å². The Morgan fingerprint density at radius 3 is 2.33 bits per heavy atom. The second kappa shape index (κ2) is 9.39. The smallest absolute Gasteiger partial charge is 0.326 e. The van der Waals surface area contributed by atoms with E-state index in [4.69, 9.17) is 4.74 Å². The third kappa shape index (κ3) is 6.29. The van der Waals surface area contributed by atoms with Gasteiger partial charge in [-0.05, 0) is 45.9 Å². The van der Waals surface area contributed by atoms with E-state index in [-0.39, 0.29) is 13.0 Å². The van der Waals surface area contributed by atoms with Crippen LogP contribution in [0.2, 0.25) is 0 Å². The van der Waals surface area contributed by atoms with E-state index in [2.05, 4.69) is 27.9 Å². The van der Waals surface area contributed by atoms with Crippen molar-refractivity contribution in [2.75, 3.05) is 6.61 Å². The van der Waals surface area contributed by atoms with Gasteiger partial charge in [0.2, 0.25) is 5.91 Å². The number of halogens is 1. The summed E-state index contributed by atoms with van der Waals surface area (Å²) in [6, 6.07) is 16.0. The molecule has 126 valence electrons. The Morgan fingerprint density at radius 2 is 1.71 bits per heavy atom. The first kappa shape index (κ1) is 18.4. The lowest BCUT2D eigenvalue weighted by molar-refractivity contribution is -0.142. The normalized spacial score (nSPS) is 11.7. The molecule has 0 aliphatic rings. The largest absolute Gasteiger partial charge is 0.480 e. The third-order valence-corrected chi connectivity index (χ3v) is 4.05. The SMILES string of the molecule is O=C(COCc1ccccc1)N[C@H](Cc1ccc(I)cc1)C(=O)O. The van der Waals surface area contributed by atoms with E-state index in [9.17, 15) is 14.7 Å². The lowest BCUT2D eigenvalue weighted by Crippen LogP contribution is -2.43. The van der Waals surface area contributed by atoms with Gasteiger partial charge in [-0.1, -0.05) is 42.5 Å². The molecule has 0 aliphatic carbocycles. The van der Waals surface area contributed by atoms with Crippen LogP contribution in [0.4, 0.5) is 0 Å². The second-order valence-corrected chi connectivity index (χ2v) is 6.51. The number of benzene rings is 2. The van der Waals surface area contributed by atoms with E-state index in [1.807, 2.05) is 54.6 Å².